The Morgan fingerprint density at radius 3 is 2.70 bits per heavy atom. The molecule has 0 bridgehead atoms. The summed E-state index contributed by atoms with van der Waals surface area (Å²) in [7, 11) is 0. The minimum absolute atomic E-state index is 0. The number of carbonyl (C=O) groups excluding carboxylic acids is 1. The van der Waals surface area contributed by atoms with Crippen LogP contribution in [0.15, 0.2) is 0 Å². The van der Waals surface area contributed by atoms with E-state index in [4.69, 9.17) is 10.5 Å². The maximum absolute atomic E-state index is 12.7. The maximum atomic E-state index is 12.7. The quantitative estimate of drug-likeness (QED) is 0.846. The summed E-state index contributed by atoms with van der Waals surface area (Å²) in [4.78, 5) is 14.8. The van der Waals surface area contributed by atoms with Crippen molar-refractivity contribution in [2.45, 2.75) is 38.5 Å². The lowest BCUT2D eigenvalue weighted by molar-refractivity contribution is -0.136. The van der Waals surface area contributed by atoms with E-state index >= 15 is 0 Å². The summed E-state index contributed by atoms with van der Waals surface area (Å²) in [6.07, 6.45) is 6.78. The summed E-state index contributed by atoms with van der Waals surface area (Å²) in [5, 5.41) is 0. The first kappa shape index (κ1) is 16.1. The number of carbonyl (C=O) groups is 1. The van der Waals surface area contributed by atoms with Crippen LogP contribution in [0.2, 0.25) is 0 Å². The number of nitrogens with two attached hydrogens (primary N) is 1. The van der Waals surface area contributed by atoms with Gasteiger partial charge < -0.3 is 15.4 Å². The Morgan fingerprint density at radius 2 is 2.00 bits per heavy atom. The van der Waals surface area contributed by atoms with E-state index < -0.39 is 0 Å². The van der Waals surface area contributed by atoms with Crippen LogP contribution in [0.1, 0.15) is 38.5 Å². The molecule has 116 valence electrons. The highest BCUT2D eigenvalue weighted by Crippen LogP contribution is 2.41. The summed E-state index contributed by atoms with van der Waals surface area (Å²) in [5.74, 6) is 1.02. The smallest absolute Gasteiger partial charge is 0.226 e. The first-order valence-electron chi connectivity index (χ1n) is 7.81. The Balaban J connectivity index is 0.00000147. The topological polar surface area (TPSA) is 55.6 Å². The maximum Gasteiger partial charge on any atom is 0.226 e. The molecule has 2 aliphatic heterocycles. The number of hydrogen-bond acceptors (Lipinski definition) is 3. The molecule has 3 aliphatic rings. The van der Waals surface area contributed by atoms with Gasteiger partial charge in [0.2, 0.25) is 5.91 Å². The van der Waals surface area contributed by atoms with Gasteiger partial charge in [-0.3, -0.25) is 4.79 Å². The van der Waals surface area contributed by atoms with Gasteiger partial charge in [-0.15, -0.1) is 12.4 Å². The highest BCUT2D eigenvalue weighted by molar-refractivity contribution is 5.85. The third-order valence-corrected chi connectivity index (χ3v) is 5.58. The molecule has 2 saturated heterocycles. The summed E-state index contributed by atoms with van der Waals surface area (Å²) in [5.41, 5.74) is 6.18. The van der Waals surface area contributed by atoms with Gasteiger partial charge in [-0.2, -0.15) is 0 Å². The molecule has 1 saturated carbocycles. The van der Waals surface area contributed by atoms with E-state index in [1.54, 1.807) is 0 Å². The van der Waals surface area contributed by atoms with Crippen molar-refractivity contribution in [3.8, 4) is 0 Å². The fraction of sp³-hybridized carbons (Fsp3) is 0.933. The van der Waals surface area contributed by atoms with Gasteiger partial charge >= 0.3 is 0 Å². The van der Waals surface area contributed by atoms with Crippen molar-refractivity contribution in [2.75, 3.05) is 32.8 Å². The van der Waals surface area contributed by atoms with Crippen LogP contribution in [0, 0.1) is 17.3 Å². The highest BCUT2D eigenvalue weighted by Gasteiger charge is 2.43. The van der Waals surface area contributed by atoms with Crippen LogP contribution < -0.4 is 5.73 Å². The second-order valence-corrected chi connectivity index (χ2v) is 6.66. The molecule has 1 amide bonds. The molecule has 2 atom stereocenters. The average molecular weight is 303 g/mol. The van der Waals surface area contributed by atoms with Crippen LogP contribution in [0.4, 0.5) is 0 Å². The van der Waals surface area contributed by atoms with E-state index in [0.29, 0.717) is 23.8 Å². The molecule has 0 aromatic heterocycles. The molecule has 3 rings (SSSR count). The van der Waals surface area contributed by atoms with Gasteiger partial charge in [-0.05, 0) is 50.0 Å². The molecule has 3 fully saturated rings. The molecule has 2 heterocycles. The number of amides is 1. The van der Waals surface area contributed by atoms with Gasteiger partial charge in [0.1, 0.15) is 0 Å². The number of hydrogen-bond donors (Lipinski definition) is 1. The largest absolute Gasteiger partial charge is 0.381 e. The molecule has 0 radical (unpaired) electrons. The minimum Gasteiger partial charge on any atom is -0.381 e. The van der Waals surface area contributed by atoms with Gasteiger partial charge in [-0.25, -0.2) is 0 Å². The fourth-order valence-corrected chi connectivity index (χ4v) is 4.21. The van der Waals surface area contributed by atoms with Crippen molar-refractivity contribution in [1.29, 1.82) is 0 Å². The normalized spacial score (nSPS) is 32.4. The minimum atomic E-state index is 0. The van der Waals surface area contributed by atoms with E-state index in [1.807, 2.05) is 0 Å². The zero-order valence-corrected chi connectivity index (χ0v) is 13.0. The molecule has 4 nitrogen and oxygen atoms in total. The zero-order chi connectivity index (χ0) is 13.3. The van der Waals surface area contributed by atoms with Crippen molar-refractivity contribution in [1.82, 2.24) is 4.90 Å². The van der Waals surface area contributed by atoms with Crippen molar-refractivity contribution >= 4 is 18.3 Å². The molecule has 20 heavy (non-hydrogen) atoms. The molecule has 5 heteroatoms. The van der Waals surface area contributed by atoms with E-state index in [-0.39, 0.29) is 18.3 Å². The van der Waals surface area contributed by atoms with E-state index in [0.717, 1.165) is 52.0 Å². The first-order chi connectivity index (χ1) is 9.24. The number of rotatable bonds is 2. The molecular weight excluding hydrogens is 276 g/mol. The van der Waals surface area contributed by atoms with E-state index in [2.05, 4.69) is 4.90 Å². The fourth-order valence-electron chi connectivity index (χ4n) is 4.21. The molecule has 2 N–H and O–H groups in total. The molecule has 0 aromatic rings. The Labute approximate surface area is 127 Å². The average Bonchev–Trinajstić information content (AvgIpc) is 3.06. The summed E-state index contributed by atoms with van der Waals surface area (Å²) in [6.45, 7) is 4.33. The summed E-state index contributed by atoms with van der Waals surface area (Å²) >= 11 is 0. The molecule has 0 aromatic carbocycles. The van der Waals surface area contributed by atoms with Crippen LogP contribution in [-0.2, 0) is 9.53 Å². The predicted octanol–water partition coefficient (Wildman–Crippen LogP) is 1.81. The Bertz CT molecular complexity index is 345. The summed E-state index contributed by atoms with van der Waals surface area (Å²) < 4.78 is 5.47. The molecule has 1 spiro atoms. The second-order valence-electron chi connectivity index (χ2n) is 6.66. The Morgan fingerprint density at radius 1 is 1.25 bits per heavy atom. The van der Waals surface area contributed by atoms with Crippen LogP contribution in [0.5, 0.6) is 0 Å². The van der Waals surface area contributed by atoms with Gasteiger partial charge in [0.05, 0.1) is 0 Å². The summed E-state index contributed by atoms with van der Waals surface area (Å²) in [6, 6.07) is 0. The SMILES string of the molecule is Cl.NC[C@H]1CCC[C@H]1C(=O)N1CCC2(CCOCC2)C1. The lowest BCUT2D eigenvalue weighted by Gasteiger charge is -2.33. The van der Waals surface area contributed by atoms with Gasteiger partial charge in [0, 0.05) is 32.2 Å². The number of likely N-dealkylation sites (tertiary alicyclic amines) is 1. The van der Waals surface area contributed by atoms with Gasteiger partial charge in [0.25, 0.3) is 0 Å². The van der Waals surface area contributed by atoms with E-state index in [1.165, 1.54) is 12.8 Å². The van der Waals surface area contributed by atoms with Crippen molar-refractivity contribution in [2.24, 2.45) is 23.0 Å². The highest BCUT2D eigenvalue weighted by atomic mass is 35.5. The van der Waals surface area contributed by atoms with Crippen molar-refractivity contribution in [3.63, 3.8) is 0 Å². The second kappa shape index (κ2) is 6.63. The number of ether oxygens (including phenoxy) is 1. The molecular formula is C15H27ClN2O2. The third-order valence-electron chi connectivity index (χ3n) is 5.58. The molecule has 1 aliphatic carbocycles. The third kappa shape index (κ3) is 2.97. The number of nitrogens with zero attached hydrogens (tertiary/aromatic N) is 1. The standard InChI is InChI=1S/C15H26N2O2.ClH/c16-10-12-2-1-3-13(12)14(18)17-7-4-15(11-17)5-8-19-9-6-15;/h12-13H,1-11,16H2;1H/t12-,13-;/m1./s1. The molecule has 0 unspecified atom stereocenters. The first-order valence-corrected chi connectivity index (χ1v) is 7.81. The van der Waals surface area contributed by atoms with Crippen LogP contribution >= 0.6 is 12.4 Å². The zero-order valence-electron chi connectivity index (χ0n) is 12.2. The van der Waals surface area contributed by atoms with Crippen molar-refractivity contribution in [3.05, 3.63) is 0 Å². The lowest BCUT2D eigenvalue weighted by Crippen LogP contribution is -2.40. The number of halogens is 1. The van der Waals surface area contributed by atoms with Gasteiger partial charge in [-0.1, -0.05) is 6.42 Å². The van der Waals surface area contributed by atoms with Gasteiger partial charge in [0.15, 0.2) is 0 Å². The lowest BCUT2D eigenvalue weighted by atomic mass is 9.79. The predicted molar refractivity (Wildman–Crippen MR) is 80.8 cm³/mol. The van der Waals surface area contributed by atoms with Crippen LogP contribution in [0.3, 0.4) is 0 Å². The Hall–Kier alpha value is -0.320. The van der Waals surface area contributed by atoms with Crippen LogP contribution in [-0.4, -0.2) is 43.7 Å². The monoisotopic (exact) mass is 302 g/mol. The van der Waals surface area contributed by atoms with E-state index in [9.17, 15) is 4.79 Å². The van der Waals surface area contributed by atoms with Crippen molar-refractivity contribution < 1.29 is 9.53 Å². The Kier molecular flexibility index (Phi) is 5.32. The van der Waals surface area contributed by atoms with Crippen LogP contribution in [0.25, 0.3) is 0 Å².